The van der Waals surface area contributed by atoms with Crippen LogP contribution < -0.4 is 17.2 Å². The monoisotopic (exact) mass is 427 g/mol. The van der Waals surface area contributed by atoms with Crippen LogP contribution >= 0.6 is 0 Å². The molecule has 0 saturated carbocycles. The molecule has 0 atom stereocenters. The van der Waals surface area contributed by atoms with E-state index in [0.29, 0.717) is 58.9 Å². The van der Waals surface area contributed by atoms with Crippen LogP contribution in [0.2, 0.25) is 0 Å². The molecule has 0 aromatic rings. The van der Waals surface area contributed by atoms with Gasteiger partial charge in [0.15, 0.2) is 0 Å². The van der Waals surface area contributed by atoms with E-state index in [1.807, 2.05) is 33.4 Å². The van der Waals surface area contributed by atoms with Crippen molar-refractivity contribution in [1.29, 1.82) is 0 Å². The number of rotatable bonds is 9. The Labute approximate surface area is 178 Å². The lowest BCUT2D eigenvalue weighted by Crippen LogP contribution is -2.50. The number of carbonyl (C=O) groups excluding carboxylic acids is 4. The van der Waals surface area contributed by atoms with E-state index in [1.165, 1.54) is 0 Å². The minimum absolute atomic E-state index is 0.0720. The molecule has 11 nitrogen and oxygen atoms in total. The lowest BCUT2D eigenvalue weighted by atomic mass is 10.1. The molecule has 1 rings (SSSR count). The summed E-state index contributed by atoms with van der Waals surface area (Å²) in [4.78, 5) is 54.4. The minimum Gasteiger partial charge on any atom is -0.369 e. The minimum atomic E-state index is -0.441. The highest BCUT2D eigenvalue weighted by atomic mass is 16.2. The fourth-order valence-corrected chi connectivity index (χ4v) is 3.28. The van der Waals surface area contributed by atoms with Gasteiger partial charge in [-0.15, -0.1) is 0 Å². The van der Waals surface area contributed by atoms with Crippen LogP contribution in [0.15, 0.2) is 0 Å². The molecule has 172 valence electrons. The number of nitrogens with zero attached hydrogens (tertiary/aromatic N) is 4. The maximum absolute atomic E-state index is 12.3. The van der Waals surface area contributed by atoms with E-state index in [1.54, 1.807) is 0 Å². The summed E-state index contributed by atoms with van der Waals surface area (Å²) in [6.07, 6.45) is 0. The molecule has 11 heteroatoms. The normalized spacial score (nSPS) is 19.2. The van der Waals surface area contributed by atoms with Crippen molar-refractivity contribution in [2.45, 2.75) is 13.8 Å². The van der Waals surface area contributed by atoms with E-state index >= 15 is 0 Å². The summed E-state index contributed by atoms with van der Waals surface area (Å²) >= 11 is 0. The molecule has 0 aliphatic carbocycles. The number of ketones is 1. The first kappa shape index (κ1) is 26.0. The molecule has 0 aromatic carbocycles. The second-order valence-corrected chi connectivity index (χ2v) is 8.12. The second kappa shape index (κ2) is 13.3. The summed E-state index contributed by atoms with van der Waals surface area (Å²) in [5.41, 5.74) is 16.1. The third kappa shape index (κ3) is 11.2. The maximum atomic E-state index is 12.3. The molecular weight excluding hydrogens is 390 g/mol. The van der Waals surface area contributed by atoms with Gasteiger partial charge in [0.25, 0.3) is 0 Å². The predicted octanol–water partition coefficient (Wildman–Crippen LogP) is -3.11. The van der Waals surface area contributed by atoms with Crippen molar-refractivity contribution in [1.82, 2.24) is 19.6 Å². The molecule has 0 unspecified atom stereocenters. The van der Waals surface area contributed by atoms with E-state index in [-0.39, 0.29) is 31.3 Å². The number of hydrogen-bond donors (Lipinski definition) is 3. The molecule has 0 spiro atoms. The highest BCUT2D eigenvalue weighted by Crippen LogP contribution is 2.03. The number of carbonyl (C=O) groups is 4. The summed E-state index contributed by atoms with van der Waals surface area (Å²) in [6, 6.07) is 0. The first-order valence-electron chi connectivity index (χ1n) is 10.3. The average molecular weight is 428 g/mol. The van der Waals surface area contributed by atoms with Gasteiger partial charge in [-0.05, 0) is 0 Å². The third-order valence-electron chi connectivity index (χ3n) is 5.09. The van der Waals surface area contributed by atoms with Gasteiger partial charge in [0.2, 0.25) is 17.7 Å². The Balaban J connectivity index is 2.95. The highest BCUT2D eigenvalue weighted by Gasteiger charge is 2.20. The third-order valence-corrected chi connectivity index (χ3v) is 5.09. The van der Waals surface area contributed by atoms with Crippen molar-refractivity contribution in [3.05, 3.63) is 0 Å². The Bertz CT molecular complexity index is 567. The highest BCUT2D eigenvalue weighted by molar-refractivity contribution is 5.82. The Morgan fingerprint density at radius 1 is 0.567 bits per heavy atom. The van der Waals surface area contributed by atoms with Crippen molar-refractivity contribution >= 4 is 23.5 Å². The molecular formula is C19H37N7O4. The Morgan fingerprint density at radius 3 is 1.00 bits per heavy atom. The van der Waals surface area contributed by atoms with Gasteiger partial charge in [0.1, 0.15) is 5.78 Å². The number of amides is 3. The molecule has 6 N–H and O–H groups in total. The fraction of sp³-hybridized carbons (Fsp3) is 0.789. The Hall–Kier alpha value is -2.08. The van der Waals surface area contributed by atoms with E-state index in [2.05, 4.69) is 0 Å². The van der Waals surface area contributed by atoms with Crippen molar-refractivity contribution in [3.8, 4) is 0 Å². The maximum Gasteiger partial charge on any atom is 0.231 e. The number of Topliss-reactive ketones (excluding diaryl/α,β-unsaturated/α-hetero) is 1. The quantitative estimate of drug-likeness (QED) is 0.349. The molecule has 0 aromatic heterocycles. The summed E-state index contributed by atoms with van der Waals surface area (Å²) in [6.45, 7) is 8.67. The van der Waals surface area contributed by atoms with Crippen LogP contribution in [-0.4, -0.2) is 122 Å². The van der Waals surface area contributed by atoms with Crippen molar-refractivity contribution in [2.24, 2.45) is 23.1 Å². The average Bonchev–Trinajstić information content (AvgIpc) is 2.62. The summed E-state index contributed by atoms with van der Waals surface area (Å²) in [5.74, 6) is -1.24. The van der Waals surface area contributed by atoms with Crippen LogP contribution in [0.1, 0.15) is 13.8 Å². The number of nitrogens with two attached hydrogens (primary N) is 3. The van der Waals surface area contributed by atoms with Gasteiger partial charge < -0.3 is 17.2 Å². The zero-order chi connectivity index (χ0) is 22.7. The van der Waals surface area contributed by atoms with E-state index < -0.39 is 17.7 Å². The summed E-state index contributed by atoms with van der Waals surface area (Å²) < 4.78 is 0. The first-order chi connectivity index (χ1) is 14.1. The largest absolute Gasteiger partial charge is 0.369 e. The van der Waals surface area contributed by atoms with Crippen molar-refractivity contribution in [2.75, 3.05) is 78.5 Å². The Morgan fingerprint density at radius 2 is 0.800 bits per heavy atom. The van der Waals surface area contributed by atoms with Crippen LogP contribution in [0.5, 0.6) is 0 Å². The van der Waals surface area contributed by atoms with Gasteiger partial charge in [-0.2, -0.15) is 0 Å². The van der Waals surface area contributed by atoms with Crippen LogP contribution in [0.4, 0.5) is 0 Å². The fourth-order valence-electron chi connectivity index (χ4n) is 3.28. The van der Waals surface area contributed by atoms with Gasteiger partial charge >= 0.3 is 0 Å². The van der Waals surface area contributed by atoms with Crippen LogP contribution in [0.3, 0.4) is 0 Å². The van der Waals surface area contributed by atoms with Gasteiger partial charge in [0, 0.05) is 58.3 Å². The molecule has 30 heavy (non-hydrogen) atoms. The van der Waals surface area contributed by atoms with Crippen LogP contribution in [-0.2, 0) is 19.2 Å². The van der Waals surface area contributed by atoms with E-state index in [0.717, 1.165) is 0 Å². The van der Waals surface area contributed by atoms with E-state index in [9.17, 15) is 19.2 Å². The molecule has 1 aliphatic rings. The van der Waals surface area contributed by atoms with Gasteiger partial charge in [0.05, 0.1) is 26.2 Å². The SMILES string of the molecule is CC(C)C(=O)CN1CCN(CC(N)=O)CCN(CC(N)=O)CCN(CC(N)=O)CC1. The van der Waals surface area contributed by atoms with E-state index in [4.69, 9.17) is 17.2 Å². The van der Waals surface area contributed by atoms with Crippen LogP contribution in [0.25, 0.3) is 0 Å². The standard InChI is InChI=1S/C19H37N7O4/c1-15(2)16(27)11-23-3-5-24(12-17(20)28)7-9-26(14-19(22)30)10-8-25(6-4-23)13-18(21)29/h15H,3-14H2,1-2H3,(H2,20,28)(H2,21,29)(H2,22,30). The lowest BCUT2D eigenvalue weighted by Gasteiger charge is -2.33. The van der Waals surface area contributed by atoms with Gasteiger partial charge in [-0.25, -0.2) is 0 Å². The summed E-state index contributed by atoms with van der Waals surface area (Å²) in [5, 5.41) is 0. The predicted molar refractivity (Wildman–Crippen MR) is 113 cm³/mol. The first-order valence-corrected chi connectivity index (χ1v) is 10.3. The van der Waals surface area contributed by atoms with Crippen molar-refractivity contribution in [3.63, 3.8) is 0 Å². The van der Waals surface area contributed by atoms with Crippen LogP contribution in [0, 0.1) is 5.92 Å². The molecule has 1 heterocycles. The molecule has 1 aliphatic heterocycles. The molecule has 1 fully saturated rings. The molecule has 3 amide bonds. The van der Waals surface area contributed by atoms with Gasteiger partial charge in [-0.1, -0.05) is 13.8 Å². The van der Waals surface area contributed by atoms with Gasteiger partial charge in [-0.3, -0.25) is 38.8 Å². The molecule has 0 radical (unpaired) electrons. The number of hydrogen-bond acceptors (Lipinski definition) is 8. The topological polar surface area (TPSA) is 159 Å². The Kier molecular flexibility index (Phi) is 11.5. The number of primary amides is 3. The lowest BCUT2D eigenvalue weighted by molar-refractivity contribution is -0.124. The zero-order valence-electron chi connectivity index (χ0n) is 18.2. The molecule has 0 bridgehead atoms. The van der Waals surface area contributed by atoms with Crippen molar-refractivity contribution < 1.29 is 19.2 Å². The zero-order valence-corrected chi connectivity index (χ0v) is 18.2. The molecule has 1 saturated heterocycles. The smallest absolute Gasteiger partial charge is 0.231 e. The summed E-state index contributed by atoms with van der Waals surface area (Å²) in [7, 11) is 0. The second-order valence-electron chi connectivity index (χ2n) is 8.12.